The maximum absolute atomic E-state index is 11.1. The number of amides is 1. The van der Waals surface area contributed by atoms with Crippen molar-refractivity contribution < 1.29 is 9.53 Å². The van der Waals surface area contributed by atoms with Crippen LogP contribution in [0.1, 0.15) is 57.2 Å². The Hall–Kier alpha value is -1.08. The van der Waals surface area contributed by atoms with Crippen molar-refractivity contribution >= 4 is 17.7 Å². The Bertz CT molecular complexity index is 537. The summed E-state index contributed by atoms with van der Waals surface area (Å²) in [7, 11) is 0. The molecule has 1 aliphatic heterocycles. The normalized spacial score (nSPS) is 22.1. The van der Waals surface area contributed by atoms with Gasteiger partial charge < -0.3 is 15.0 Å². The highest BCUT2D eigenvalue weighted by Crippen LogP contribution is 2.30. The van der Waals surface area contributed by atoms with Crippen molar-refractivity contribution in [1.29, 1.82) is 0 Å². The Balaban J connectivity index is 1.64. The van der Waals surface area contributed by atoms with E-state index in [0.29, 0.717) is 12.8 Å². The average molecular weight is 353 g/mol. The first-order valence-corrected chi connectivity index (χ1v) is 10.2. The molecule has 1 aromatic heterocycles. The summed E-state index contributed by atoms with van der Waals surface area (Å²) in [5, 5.41) is 9.68. The van der Waals surface area contributed by atoms with E-state index in [1.807, 2.05) is 11.8 Å². The van der Waals surface area contributed by atoms with Gasteiger partial charge in [-0.3, -0.25) is 4.79 Å². The topological polar surface area (TPSA) is 83.0 Å². The molecule has 0 spiro atoms. The van der Waals surface area contributed by atoms with Crippen molar-refractivity contribution in [2.45, 2.75) is 75.6 Å². The van der Waals surface area contributed by atoms with Crippen molar-refractivity contribution in [3.05, 3.63) is 5.82 Å². The summed E-state index contributed by atoms with van der Waals surface area (Å²) in [5.74, 6) is 2.47. The Morgan fingerprint density at radius 3 is 2.75 bits per heavy atom. The fourth-order valence-electron chi connectivity index (χ4n) is 3.57. The molecule has 6 nitrogen and oxygen atoms in total. The number of thioether (sulfide) groups is 1. The minimum atomic E-state index is -0.293. The van der Waals surface area contributed by atoms with Gasteiger partial charge in [-0.1, -0.05) is 31.0 Å². The fraction of sp³-hybridized carbons (Fsp3) is 0.824. The van der Waals surface area contributed by atoms with E-state index < -0.39 is 0 Å². The summed E-state index contributed by atoms with van der Waals surface area (Å²) in [6.07, 6.45) is 10.1. The van der Waals surface area contributed by atoms with Crippen LogP contribution in [0.2, 0.25) is 0 Å². The van der Waals surface area contributed by atoms with Crippen LogP contribution in [0.15, 0.2) is 5.16 Å². The van der Waals surface area contributed by atoms with E-state index in [0.717, 1.165) is 48.6 Å². The zero-order valence-corrected chi connectivity index (χ0v) is 15.1. The standard InChI is InChI=1S/C17H28N4O2S/c18-15(22)8-9-16-19-20-17(21(16)11-14-7-4-10-23-14)24-12-13-5-2-1-3-6-13/h13-14H,1-12H2,(H2,18,22). The largest absolute Gasteiger partial charge is 0.376 e. The highest BCUT2D eigenvalue weighted by Gasteiger charge is 2.22. The third kappa shape index (κ3) is 4.96. The number of carbonyl (C=O) groups is 1. The van der Waals surface area contributed by atoms with Gasteiger partial charge in [0.15, 0.2) is 5.16 Å². The number of nitrogens with zero attached hydrogens (tertiary/aromatic N) is 3. The molecule has 1 saturated heterocycles. The highest BCUT2D eigenvalue weighted by atomic mass is 32.2. The molecule has 2 aliphatic rings. The van der Waals surface area contributed by atoms with E-state index in [4.69, 9.17) is 10.5 Å². The number of aryl methyl sites for hydroxylation is 1. The third-order valence-corrected chi connectivity index (χ3v) is 6.17. The van der Waals surface area contributed by atoms with Crippen LogP contribution in [0, 0.1) is 5.92 Å². The zero-order chi connectivity index (χ0) is 16.8. The number of aromatic nitrogens is 3. The van der Waals surface area contributed by atoms with Gasteiger partial charge in [-0.05, 0) is 31.6 Å². The molecule has 134 valence electrons. The van der Waals surface area contributed by atoms with Gasteiger partial charge in [0.05, 0.1) is 12.6 Å². The number of hydrogen-bond acceptors (Lipinski definition) is 5. The first kappa shape index (κ1) is 17.7. The van der Waals surface area contributed by atoms with E-state index in [2.05, 4.69) is 14.8 Å². The minimum Gasteiger partial charge on any atom is -0.376 e. The van der Waals surface area contributed by atoms with Gasteiger partial charge >= 0.3 is 0 Å². The lowest BCUT2D eigenvalue weighted by atomic mass is 9.91. The number of nitrogens with two attached hydrogens (primary N) is 1. The Kier molecular flexibility index (Phi) is 6.54. The summed E-state index contributed by atoms with van der Waals surface area (Å²) < 4.78 is 7.94. The van der Waals surface area contributed by atoms with Crippen molar-refractivity contribution in [2.75, 3.05) is 12.4 Å². The van der Waals surface area contributed by atoms with E-state index in [9.17, 15) is 4.79 Å². The smallest absolute Gasteiger partial charge is 0.217 e. The van der Waals surface area contributed by atoms with Gasteiger partial charge in [0.25, 0.3) is 0 Å². The van der Waals surface area contributed by atoms with Crippen LogP contribution >= 0.6 is 11.8 Å². The predicted molar refractivity (Wildman–Crippen MR) is 93.8 cm³/mol. The monoisotopic (exact) mass is 352 g/mol. The van der Waals surface area contributed by atoms with Crippen molar-refractivity contribution in [1.82, 2.24) is 14.8 Å². The number of primary amides is 1. The molecule has 1 atom stereocenters. The predicted octanol–water partition coefficient (Wildman–Crippen LogP) is 2.55. The van der Waals surface area contributed by atoms with Crippen molar-refractivity contribution in [3.8, 4) is 0 Å². The molecule has 2 N–H and O–H groups in total. The van der Waals surface area contributed by atoms with Crippen LogP contribution in [0.5, 0.6) is 0 Å². The number of ether oxygens (including phenoxy) is 1. The molecule has 3 rings (SSSR count). The SMILES string of the molecule is NC(=O)CCc1nnc(SCC2CCCCC2)n1CC1CCCO1. The Morgan fingerprint density at radius 2 is 2.04 bits per heavy atom. The number of hydrogen-bond donors (Lipinski definition) is 1. The Labute approximate surface area is 147 Å². The molecule has 1 saturated carbocycles. The molecule has 7 heteroatoms. The van der Waals surface area contributed by atoms with Crippen LogP contribution < -0.4 is 5.73 Å². The van der Waals surface area contributed by atoms with Gasteiger partial charge in [0, 0.05) is 25.2 Å². The summed E-state index contributed by atoms with van der Waals surface area (Å²) in [4.78, 5) is 11.1. The van der Waals surface area contributed by atoms with Crippen LogP contribution in [0.3, 0.4) is 0 Å². The quantitative estimate of drug-likeness (QED) is 0.727. The summed E-state index contributed by atoms with van der Waals surface area (Å²) in [6, 6.07) is 0. The molecule has 0 bridgehead atoms. The van der Waals surface area contributed by atoms with Crippen LogP contribution in [0.25, 0.3) is 0 Å². The van der Waals surface area contributed by atoms with Crippen LogP contribution in [-0.4, -0.2) is 39.1 Å². The molecular formula is C17H28N4O2S. The molecule has 0 aromatic carbocycles. The molecule has 2 heterocycles. The third-order valence-electron chi connectivity index (χ3n) is 4.97. The zero-order valence-electron chi connectivity index (χ0n) is 14.3. The van der Waals surface area contributed by atoms with Crippen LogP contribution in [0.4, 0.5) is 0 Å². The second-order valence-electron chi connectivity index (χ2n) is 6.93. The maximum Gasteiger partial charge on any atom is 0.217 e. The summed E-state index contributed by atoms with van der Waals surface area (Å²) in [6.45, 7) is 1.63. The molecule has 1 amide bonds. The lowest BCUT2D eigenvalue weighted by Crippen LogP contribution is -2.19. The first-order chi connectivity index (χ1) is 11.7. The first-order valence-electron chi connectivity index (χ1n) is 9.17. The molecule has 1 aliphatic carbocycles. The molecule has 1 aromatic rings. The maximum atomic E-state index is 11.1. The van der Waals surface area contributed by atoms with E-state index in [-0.39, 0.29) is 12.0 Å². The second kappa shape index (κ2) is 8.85. The lowest BCUT2D eigenvalue weighted by molar-refractivity contribution is -0.118. The number of carbonyl (C=O) groups excluding carboxylic acids is 1. The van der Waals surface area contributed by atoms with Gasteiger partial charge in [-0.15, -0.1) is 10.2 Å². The van der Waals surface area contributed by atoms with Crippen LogP contribution in [-0.2, 0) is 22.5 Å². The molecule has 24 heavy (non-hydrogen) atoms. The van der Waals surface area contributed by atoms with E-state index in [1.54, 1.807) is 0 Å². The van der Waals surface area contributed by atoms with Crippen molar-refractivity contribution in [2.24, 2.45) is 11.7 Å². The van der Waals surface area contributed by atoms with Gasteiger partial charge in [-0.25, -0.2) is 0 Å². The fourth-order valence-corrected chi connectivity index (χ4v) is 4.72. The van der Waals surface area contributed by atoms with Gasteiger partial charge in [-0.2, -0.15) is 0 Å². The van der Waals surface area contributed by atoms with E-state index in [1.165, 1.54) is 32.1 Å². The second-order valence-corrected chi connectivity index (χ2v) is 7.91. The molecular weight excluding hydrogens is 324 g/mol. The lowest BCUT2D eigenvalue weighted by Gasteiger charge is -2.21. The molecule has 0 radical (unpaired) electrons. The Morgan fingerprint density at radius 1 is 1.21 bits per heavy atom. The van der Waals surface area contributed by atoms with E-state index >= 15 is 0 Å². The minimum absolute atomic E-state index is 0.238. The van der Waals surface area contributed by atoms with Gasteiger partial charge in [0.1, 0.15) is 5.82 Å². The van der Waals surface area contributed by atoms with Crippen molar-refractivity contribution in [3.63, 3.8) is 0 Å². The summed E-state index contributed by atoms with van der Waals surface area (Å²) in [5.41, 5.74) is 5.29. The summed E-state index contributed by atoms with van der Waals surface area (Å²) >= 11 is 1.81. The average Bonchev–Trinajstić information content (AvgIpc) is 3.23. The highest BCUT2D eigenvalue weighted by molar-refractivity contribution is 7.99. The van der Waals surface area contributed by atoms with Gasteiger partial charge in [0.2, 0.25) is 5.91 Å². The number of rotatable bonds is 8. The molecule has 1 unspecified atom stereocenters. The molecule has 2 fully saturated rings.